The molecule has 0 heterocycles. The summed E-state index contributed by atoms with van der Waals surface area (Å²) in [5, 5.41) is 3.38. The van der Waals surface area contributed by atoms with E-state index in [0.29, 0.717) is 12.6 Å². The first-order valence-corrected chi connectivity index (χ1v) is 6.79. The van der Waals surface area contributed by atoms with Crippen LogP contribution in [-0.4, -0.2) is 13.7 Å². The van der Waals surface area contributed by atoms with Crippen LogP contribution in [0.1, 0.15) is 39.3 Å². The molecule has 0 saturated heterocycles. The third-order valence-electron chi connectivity index (χ3n) is 2.74. The van der Waals surface area contributed by atoms with Crippen molar-refractivity contribution in [2.45, 2.75) is 33.7 Å². The molecule has 0 fully saturated rings. The molecule has 0 bridgehead atoms. The standard InChI is InChI=1S/C14H22BrNO/c1-6-17-12-8-7-10(9-11(12)15)13(16-5)14(2,3)4/h7-9,13,16H,6H2,1-5H3. The molecule has 1 N–H and O–H groups in total. The van der Waals surface area contributed by atoms with E-state index in [4.69, 9.17) is 4.74 Å². The fraction of sp³-hybridized carbons (Fsp3) is 0.571. The molecule has 0 aliphatic carbocycles. The molecule has 1 unspecified atom stereocenters. The Hall–Kier alpha value is -0.540. The van der Waals surface area contributed by atoms with Gasteiger partial charge in [0, 0.05) is 6.04 Å². The van der Waals surface area contributed by atoms with E-state index in [-0.39, 0.29) is 5.41 Å². The van der Waals surface area contributed by atoms with E-state index in [1.54, 1.807) is 0 Å². The predicted octanol–water partition coefficient (Wildman–Crippen LogP) is 4.15. The van der Waals surface area contributed by atoms with Crippen LogP contribution in [-0.2, 0) is 0 Å². The second-order valence-electron chi connectivity index (χ2n) is 5.21. The Morgan fingerprint density at radius 3 is 2.41 bits per heavy atom. The quantitative estimate of drug-likeness (QED) is 0.901. The van der Waals surface area contributed by atoms with E-state index in [1.165, 1.54) is 5.56 Å². The molecule has 0 radical (unpaired) electrons. The monoisotopic (exact) mass is 299 g/mol. The molecule has 17 heavy (non-hydrogen) atoms. The van der Waals surface area contributed by atoms with Gasteiger partial charge in [0.1, 0.15) is 5.75 Å². The molecule has 96 valence electrons. The summed E-state index contributed by atoms with van der Waals surface area (Å²) >= 11 is 3.56. The van der Waals surface area contributed by atoms with Gasteiger partial charge in [0.2, 0.25) is 0 Å². The highest BCUT2D eigenvalue weighted by Crippen LogP contribution is 2.35. The van der Waals surface area contributed by atoms with E-state index < -0.39 is 0 Å². The van der Waals surface area contributed by atoms with Crippen LogP contribution in [0.3, 0.4) is 0 Å². The molecule has 1 aromatic carbocycles. The first-order chi connectivity index (χ1) is 7.90. The first-order valence-electron chi connectivity index (χ1n) is 5.99. The van der Waals surface area contributed by atoms with Crippen LogP contribution < -0.4 is 10.1 Å². The Bertz CT molecular complexity index is 371. The summed E-state index contributed by atoms with van der Waals surface area (Å²) in [6.07, 6.45) is 0. The summed E-state index contributed by atoms with van der Waals surface area (Å²) in [5.74, 6) is 0.903. The fourth-order valence-corrected chi connectivity index (χ4v) is 2.58. The van der Waals surface area contributed by atoms with Crippen molar-refractivity contribution in [1.29, 1.82) is 0 Å². The van der Waals surface area contributed by atoms with Crippen LogP contribution in [0, 0.1) is 5.41 Å². The van der Waals surface area contributed by atoms with Gasteiger partial charge in [-0.2, -0.15) is 0 Å². The molecule has 3 heteroatoms. The third-order valence-corrected chi connectivity index (χ3v) is 3.36. The van der Waals surface area contributed by atoms with Crippen LogP contribution in [0.4, 0.5) is 0 Å². The summed E-state index contributed by atoms with van der Waals surface area (Å²) in [7, 11) is 2.00. The Kier molecular flexibility index (Phi) is 5.02. The van der Waals surface area contributed by atoms with Crippen molar-refractivity contribution in [2.75, 3.05) is 13.7 Å². The lowest BCUT2D eigenvalue weighted by molar-refractivity contribution is 0.286. The summed E-state index contributed by atoms with van der Waals surface area (Å²) in [6, 6.07) is 6.62. The van der Waals surface area contributed by atoms with Crippen LogP contribution in [0.5, 0.6) is 5.75 Å². The molecular weight excluding hydrogens is 278 g/mol. The largest absolute Gasteiger partial charge is 0.493 e. The lowest BCUT2D eigenvalue weighted by atomic mass is 9.82. The highest BCUT2D eigenvalue weighted by atomic mass is 79.9. The zero-order valence-electron chi connectivity index (χ0n) is 11.3. The Labute approximate surface area is 113 Å². The number of nitrogens with one attached hydrogen (secondary N) is 1. The second-order valence-corrected chi connectivity index (χ2v) is 6.06. The first kappa shape index (κ1) is 14.5. The van der Waals surface area contributed by atoms with Gasteiger partial charge in [-0.1, -0.05) is 26.8 Å². The number of halogens is 1. The minimum absolute atomic E-state index is 0.182. The van der Waals surface area contributed by atoms with Crippen molar-refractivity contribution in [2.24, 2.45) is 5.41 Å². The number of ether oxygens (including phenoxy) is 1. The van der Waals surface area contributed by atoms with Gasteiger partial charge in [0.05, 0.1) is 11.1 Å². The SMILES string of the molecule is CCOc1ccc(C(NC)C(C)(C)C)cc1Br. The van der Waals surface area contributed by atoms with Gasteiger partial charge >= 0.3 is 0 Å². The van der Waals surface area contributed by atoms with Crippen molar-refractivity contribution in [3.8, 4) is 5.75 Å². The van der Waals surface area contributed by atoms with Crippen LogP contribution in [0.15, 0.2) is 22.7 Å². The summed E-state index contributed by atoms with van der Waals surface area (Å²) < 4.78 is 6.54. The summed E-state index contributed by atoms with van der Waals surface area (Å²) in [4.78, 5) is 0. The normalized spacial score (nSPS) is 13.5. The van der Waals surface area contributed by atoms with Crippen LogP contribution in [0.2, 0.25) is 0 Å². The molecule has 1 aromatic rings. The summed E-state index contributed by atoms with van der Waals surface area (Å²) in [5.41, 5.74) is 1.46. The zero-order chi connectivity index (χ0) is 13.1. The highest BCUT2D eigenvalue weighted by molar-refractivity contribution is 9.10. The lowest BCUT2D eigenvalue weighted by Gasteiger charge is -2.31. The Morgan fingerprint density at radius 2 is 2.00 bits per heavy atom. The van der Waals surface area contributed by atoms with Gasteiger partial charge < -0.3 is 10.1 Å². The van der Waals surface area contributed by atoms with E-state index in [2.05, 4.69) is 54.2 Å². The molecular formula is C14H22BrNO. The topological polar surface area (TPSA) is 21.3 Å². The van der Waals surface area contributed by atoms with E-state index in [0.717, 1.165) is 10.2 Å². The van der Waals surface area contributed by atoms with Crippen molar-refractivity contribution in [3.63, 3.8) is 0 Å². The zero-order valence-corrected chi connectivity index (χ0v) is 12.9. The smallest absolute Gasteiger partial charge is 0.133 e. The molecule has 0 spiro atoms. The predicted molar refractivity (Wildman–Crippen MR) is 76.6 cm³/mol. The minimum Gasteiger partial charge on any atom is -0.493 e. The van der Waals surface area contributed by atoms with Gasteiger partial charge in [-0.15, -0.1) is 0 Å². The van der Waals surface area contributed by atoms with Gasteiger partial charge in [-0.05, 0) is 53.0 Å². The molecule has 0 saturated carbocycles. The molecule has 0 aromatic heterocycles. The summed E-state index contributed by atoms with van der Waals surface area (Å²) in [6.45, 7) is 9.38. The van der Waals surface area contributed by atoms with Crippen LogP contribution >= 0.6 is 15.9 Å². The molecule has 1 rings (SSSR count). The number of hydrogen-bond donors (Lipinski definition) is 1. The van der Waals surface area contributed by atoms with E-state index >= 15 is 0 Å². The number of hydrogen-bond acceptors (Lipinski definition) is 2. The Morgan fingerprint density at radius 1 is 1.35 bits per heavy atom. The molecule has 0 aliphatic heterocycles. The van der Waals surface area contributed by atoms with Crippen molar-refractivity contribution >= 4 is 15.9 Å². The Balaban J connectivity index is 3.03. The van der Waals surface area contributed by atoms with Gasteiger partial charge in [-0.3, -0.25) is 0 Å². The van der Waals surface area contributed by atoms with Gasteiger partial charge in [0.25, 0.3) is 0 Å². The average molecular weight is 300 g/mol. The minimum atomic E-state index is 0.182. The van der Waals surface area contributed by atoms with Gasteiger partial charge in [-0.25, -0.2) is 0 Å². The van der Waals surface area contributed by atoms with E-state index in [9.17, 15) is 0 Å². The second kappa shape index (κ2) is 5.87. The molecule has 0 amide bonds. The van der Waals surface area contributed by atoms with Gasteiger partial charge in [0.15, 0.2) is 0 Å². The fourth-order valence-electron chi connectivity index (χ4n) is 2.07. The molecule has 1 atom stereocenters. The van der Waals surface area contributed by atoms with Crippen molar-refractivity contribution in [3.05, 3.63) is 28.2 Å². The maximum Gasteiger partial charge on any atom is 0.133 e. The van der Waals surface area contributed by atoms with E-state index in [1.807, 2.05) is 20.0 Å². The average Bonchev–Trinajstić information content (AvgIpc) is 2.21. The highest BCUT2D eigenvalue weighted by Gasteiger charge is 2.25. The third kappa shape index (κ3) is 3.71. The maximum absolute atomic E-state index is 5.52. The molecule has 0 aliphatic rings. The lowest BCUT2D eigenvalue weighted by Crippen LogP contribution is -2.29. The number of benzene rings is 1. The molecule has 2 nitrogen and oxygen atoms in total. The van der Waals surface area contributed by atoms with Crippen LogP contribution in [0.25, 0.3) is 0 Å². The number of rotatable bonds is 4. The van der Waals surface area contributed by atoms with Crippen molar-refractivity contribution in [1.82, 2.24) is 5.32 Å². The van der Waals surface area contributed by atoms with Crippen molar-refractivity contribution < 1.29 is 4.74 Å². The maximum atomic E-state index is 5.52.